The highest BCUT2D eigenvalue weighted by Crippen LogP contribution is 2.20. The maximum Gasteiger partial charge on any atom is 0.151 e. The first-order valence-electron chi connectivity index (χ1n) is 6.30. The van der Waals surface area contributed by atoms with Crippen LogP contribution >= 0.6 is 0 Å². The van der Waals surface area contributed by atoms with Crippen LogP contribution in [0, 0.1) is 0 Å². The molecule has 0 aliphatic carbocycles. The lowest BCUT2D eigenvalue weighted by molar-refractivity contribution is 0.497. The molecule has 0 atom stereocenters. The molecule has 0 radical (unpaired) electrons. The molecule has 5 heteroatoms. The highest BCUT2D eigenvalue weighted by atomic mass is 15.3. The van der Waals surface area contributed by atoms with Crippen LogP contribution in [0.4, 0.5) is 5.82 Å². The summed E-state index contributed by atoms with van der Waals surface area (Å²) in [5.41, 5.74) is 7.86. The van der Waals surface area contributed by atoms with Crippen molar-refractivity contribution in [1.29, 1.82) is 0 Å². The van der Waals surface area contributed by atoms with E-state index in [0.29, 0.717) is 6.04 Å². The van der Waals surface area contributed by atoms with E-state index in [4.69, 9.17) is 5.73 Å². The second kappa shape index (κ2) is 4.78. The summed E-state index contributed by atoms with van der Waals surface area (Å²) in [7, 11) is 0. The number of hydrogen-bond donors (Lipinski definition) is 2. The van der Waals surface area contributed by atoms with Crippen molar-refractivity contribution in [2.75, 3.05) is 18.0 Å². The molecule has 3 rings (SSSR count). The number of aromatic amines is 1. The molecule has 0 amide bonds. The van der Waals surface area contributed by atoms with E-state index >= 15 is 0 Å². The van der Waals surface area contributed by atoms with Crippen molar-refractivity contribution in [3.8, 4) is 11.3 Å². The minimum absolute atomic E-state index is 0.341. The average Bonchev–Trinajstić information content (AvgIpc) is 2.94. The monoisotopic (exact) mass is 243 g/mol. The fourth-order valence-corrected chi connectivity index (χ4v) is 2.26. The summed E-state index contributed by atoms with van der Waals surface area (Å²) < 4.78 is 0. The van der Waals surface area contributed by atoms with Gasteiger partial charge in [-0.1, -0.05) is 0 Å². The Morgan fingerprint density at radius 2 is 2.00 bits per heavy atom. The van der Waals surface area contributed by atoms with Crippen LogP contribution < -0.4 is 10.6 Å². The third kappa shape index (κ3) is 2.22. The lowest BCUT2D eigenvalue weighted by Gasteiger charge is -2.30. The molecule has 0 saturated carbocycles. The van der Waals surface area contributed by atoms with Crippen molar-refractivity contribution in [3.05, 3.63) is 30.6 Å². The van der Waals surface area contributed by atoms with Gasteiger partial charge >= 0.3 is 0 Å². The molecule has 1 saturated heterocycles. The van der Waals surface area contributed by atoms with E-state index in [0.717, 1.165) is 43.0 Å². The van der Waals surface area contributed by atoms with Gasteiger partial charge in [-0.05, 0) is 31.0 Å². The minimum atomic E-state index is 0.341. The molecule has 1 aliphatic heterocycles. The largest absolute Gasteiger partial charge is 0.367 e. The maximum atomic E-state index is 5.90. The van der Waals surface area contributed by atoms with Crippen LogP contribution in [-0.4, -0.2) is 34.3 Å². The van der Waals surface area contributed by atoms with Gasteiger partial charge in [0.1, 0.15) is 0 Å². The number of nitrogens with one attached hydrogen (secondary N) is 1. The summed E-state index contributed by atoms with van der Waals surface area (Å²) in [6.07, 6.45) is 5.86. The Bertz CT molecular complexity index is 483. The number of hydrogen-bond acceptors (Lipinski definition) is 4. The fraction of sp³-hybridized carbons (Fsp3) is 0.385. The summed E-state index contributed by atoms with van der Waals surface area (Å²) in [5.74, 6) is 0.946. The number of aromatic nitrogens is 3. The maximum absolute atomic E-state index is 5.90. The topological polar surface area (TPSA) is 70.8 Å². The smallest absolute Gasteiger partial charge is 0.151 e. The summed E-state index contributed by atoms with van der Waals surface area (Å²) in [4.78, 5) is 5.27. The van der Waals surface area contributed by atoms with Gasteiger partial charge in [-0.3, -0.25) is 0 Å². The molecular formula is C13H17N5. The van der Waals surface area contributed by atoms with Gasteiger partial charge in [0.15, 0.2) is 5.82 Å². The Kier molecular flexibility index (Phi) is 2.98. The fourth-order valence-electron chi connectivity index (χ4n) is 2.26. The van der Waals surface area contributed by atoms with Crippen molar-refractivity contribution in [2.24, 2.45) is 5.73 Å². The highest BCUT2D eigenvalue weighted by Gasteiger charge is 2.17. The van der Waals surface area contributed by atoms with E-state index in [1.54, 1.807) is 0 Å². The van der Waals surface area contributed by atoms with Gasteiger partial charge in [-0.15, -0.1) is 10.2 Å². The van der Waals surface area contributed by atoms with Crippen LogP contribution in [0.15, 0.2) is 30.6 Å². The summed E-state index contributed by atoms with van der Waals surface area (Å²) in [5, 5.41) is 8.58. The van der Waals surface area contributed by atoms with E-state index in [9.17, 15) is 0 Å². The Balaban J connectivity index is 1.75. The number of nitrogens with zero attached hydrogens (tertiary/aromatic N) is 3. The van der Waals surface area contributed by atoms with Gasteiger partial charge in [-0.25, -0.2) is 0 Å². The zero-order chi connectivity index (χ0) is 12.4. The first-order valence-corrected chi connectivity index (χ1v) is 6.30. The predicted molar refractivity (Wildman–Crippen MR) is 71.2 cm³/mol. The van der Waals surface area contributed by atoms with E-state index in [2.05, 4.69) is 20.1 Å². The van der Waals surface area contributed by atoms with Crippen molar-refractivity contribution in [1.82, 2.24) is 15.2 Å². The molecule has 3 heterocycles. The van der Waals surface area contributed by atoms with Crippen molar-refractivity contribution < 1.29 is 0 Å². The number of H-pyrrole nitrogens is 1. The average molecular weight is 243 g/mol. The SMILES string of the molecule is NC1CCN(c2ccc(-c3cc[nH]c3)nn2)CC1. The lowest BCUT2D eigenvalue weighted by atomic mass is 10.1. The van der Waals surface area contributed by atoms with Crippen LogP contribution in [0.1, 0.15) is 12.8 Å². The van der Waals surface area contributed by atoms with Crippen molar-refractivity contribution in [3.63, 3.8) is 0 Å². The highest BCUT2D eigenvalue weighted by molar-refractivity contribution is 5.58. The Morgan fingerprint density at radius 1 is 1.17 bits per heavy atom. The normalized spacial score (nSPS) is 17.1. The molecule has 0 spiro atoms. The van der Waals surface area contributed by atoms with Crippen LogP contribution in [0.3, 0.4) is 0 Å². The van der Waals surface area contributed by atoms with Crippen molar-refractivity contribution in [2.45, 2.75) is 18.9 Å². The molecule has 2 aromatic rings. The van der Waals surface area contributed by atoms with Gasteiger partial charge in [0.05, 0.1) is 5.69 Å². The molecule has 0 unspecified atom stereocenters. The molecule has 18 heavy (non-hydrogen) atoms. The molecule has 2 aromatic heterocycles. The van der Waals surface area contributed by atoms with E-state index < -0.39 is 0 Å². The third-order valence-electron chi connectivity index (χ3n) is 3.41. The Morgan fingerprint density at radius 3 is 2.61 bits per heavy atom. The number of piperidine rings is 1. The zero-order valence-electron chi connectivity index (χ0n) is 10.2. The molecule has 0 aromatic carbocycles. The first kappa shape index (κ1) is 11.2. The zero-order valence-corrected chi connectivity index (χ0v) is 10.2. The number of nitrogens with two attached hydrogens (primary N) is 1. The summed E-state index contributed by atoms with van der Waals surface area (Å²) >= 11 is 0. The Hall–Kier alpha value is -1.88. The van der Waals surface area contributed by atoms with E-state index in [-0.39, 0.29) is 0 Å². The standard InChI is InChI=1S/C13H17N5/c14-11-4-7-18(8-5-11)13-2-1-12(16-17-13)10-3-6-15-9-10/h1-3,6,9,11,15H,4-5,7-8,14H2. The summed E-state index contributed by atoms with van der Waals surface area (Å²) in [6, 6.07) is 6.38. The number of rotatable bonds is 2. The van der Waals surface area contributed by atoms with Crippen molar-refractivity contribution >= 4 is 5.82 Å². The van der Waals surface area contributed by atoms with Crippen LogP contribution in [0.2, 0.25) is 0 Å². The molecule has 0 bridgehead atoms. The second-order valence-electron chi connectivity index (χ2n) is 4.70. The number of anilines is 1. The molecule has 1 fully saturated rings. The minimum Gasteiger partial charge on any atom is -0.367 e. The molecule has 94 valence electrons. The molecular weight excluding hydrogens is 226 g/mol. The van der Waals surface area contributed by atoms with Crippen LogP contribution in [0.25, 0.3) is 11.3 Å². The molecule has 5 nitrogen and oxygen atoms in total. The van der Waals surface area contributed by atoms with Gasteiger partial charge < -0.3 is 15.6 Å². The first-order chi connectivity index (χ1) is 8.83. The third-order valence-corrected chi connectivity index (χ3v) is 3.41. The lowest BCUT2D eigenvalue weighted by Crippen LogP contribution is -2.40. The van der Waals surface area contributed by atoms with Crippen LogP contribution in [-0.2, 0) is 0 Å². The Labute approximate surface area is 106 Å². The van der Waals surface area contributed by atoms with Gasteiger partial charge in [0.2, 0.25) is 0 Å². The van der Waals surface area contributed by atoms with E-state index in [1.165, 1.54) is 0 Å². The molecule has 1 aliphatic rings. The van der Waals surface area contributed by atoms with Gasteiger partial charge in [0.25, 0.3) is 0 Å². The van der Waals surface area contributed by atoms with E-state index in [1.807, 2.05) is 30.6 Å². The summed E-state index contributed by atoms with van der Waals surface area (Å²) in [6.45, 7) is 1.94. The predicted octanol–water partition coefficient (Wildman–Crippen LogP) is 1.40. The van der Waals surface area contributed by atoms with Crippen LogP contribution in [0.5, 0.6) is 0 Å². The quantitative estimate of drug-likeness (QED) is 0.836. The van der Waals surface area contributed by atoms with Gasteiger partial charge in [-0.2, -0.15) is 0 Å². The van der Waals surface area contributed by atoms with Gasteiger partial charge in [0, 0.05) is 37.1 Å². The molecule has 3 N–H and O–H groups in total. The second-order valence-corrected chi connectivity index (χ2v) is 4.70.